The molecule has 0 fully saturated rings. The SMILES string of the molecule is CCCCCCC(C)(CN=C=O)N=C=O. The van der Waals surface area contributed by atoms with Gasteiger partial charge in [0.1, 0.15) is 0 Å². The van der Waals surface area contributed by atoms with Crippen LogP contribution in [0.5, 0.6) is 0 Å². The molecule has 0 aliphatic rings. The van der Waals surface area contributed by atoms with Crippen LogP contribution in [0.3, 0.4) is 0 Å². The van der Waals surface area contributed by atoms with Gasteiger partial charge >= 0.3 is 0 Å². The third-order valence-corrected chi connectivity index (χ3v) is 2.37. The van der Waals surface area contributed by atoms with Crippen LogP contribution in [0.15, 0.2) is 9.98 Å². The van der Waals surface area contributed by atoms with E-state index in [0.29, 0.717) is 0 Å². The summed E-state index contributed by atoms with van der Waals surface area (Å²) in [6, 6.07) is 0. The summed E-state index contributed by atoms with van der Waals surface area (Å²) in [5.74, 6) is 0. The van der Waals surface area contributed by atoms with E-state index in [1.54, 1.807) is 6.08 Å². The number of hydrogen-bond donors (Lipinski definition) is 0. The van der Waals surface area contributed by atoms with Crippen molar-refractivity contribution in [1.82, 2.24) is 0 Å². The molecule has 1 unspecified atom stereocenters. The number of carbonyl (C=O) groups excluding carboxylic acids is 2. The molecule has 1 atom stereocenters. The van der Waals surface area contributed by atoms with Gasteiger partial charge in [0.15, 0.2) is 0 Å². The Labute approximate surface area is 90.5 Å². The van der Waals surface area contributed by atoms with Gasteiger partial charge in [-0.1, -0.05) is 32.6 Å². The quantitative estimate of drug-likeness (QED) is 0.351. The van der Waals surface area contributed by atoms with Gasteiger partial charge in [0, 0.05) is 0 Å². The number of hydrogen-bond acceptors (Lipinski definition) is 4. The van der Waals surface area contributed by atoms with Gasteiger partial charge in [-0.25, -0.2) is 14.6 Å². The van der Waals surface area contributed by atoms with Gasteiger partial charge in [-0.3, -0.25) is 0 Å². The minimum Gasteiger partial charge on any atom is -0.211 e. The van der Waals surface area contributed by atoms with E-state index >= 15 is 0 Å². The molecule has 0 heterocycles. The number of rotatable bonds is 8. The maximum atomic E-state index is 10.2. The molecule has 84 valence electrons. The molecule has 0 aromatic carbocycles. The Balaban J connectivity index is 4.12. The molecule has 0 aromatic heterocycles. The third kappa shape index (κ3) is 6.78. The predicted molar refractivity (Wildman–Crippen MR) is 58.3 cm³/mol. The summed E-state index contributed by atoms with van der Waals surface area (Å²) in [4.78, 5) is 27.4. The average molecular weight is 210 g/mol. The fourth-order valence-corrected chi connectivity index (χ4v) is 1.42. The summed E-state index contributed by atoms with van der Waals surface area (Å²) in [5, 5.41) is 0. The van der Waals surface area contributed by atoms with Crippen LogP contribution in [0.4, 0.5) is 0 Å². The first kappa shape index (κ1) is 13.8. The molecule has 0 saturated carbocycles. The smallest absolute Gasteiger partial charge is 0.211 e. The molecule has 0 rings (SSSR count). The van der Waals surface area contributed by atoms with Crippen LogP contribution in [-0.4, -0.2) is 24.2 Å². The molecule has 0 N–H and O–H groups in total. The Kier molecular flexibility index (Phi) is 7.43. The van der Waals surface area contributed by atoms with Gasteiger partial charge < -0.3 is 0 Å². The van der Waals surface area contributed by atoms with Gasteiger partial charge in [0.2, 0.25) is 12.2 Å². The van der Waals surface area contributed by atoms with Crippen molar-refractivity contribution in [3.8, 4) is 0 Å². The van der Waals surface area contributed by atoms with Crippen LogP contribution in [0, 0.1) is 0 Å². The van der Waals surface area contributed by atoms with Gasteiger partial charge in [0.25, 0.3) is 0 Å². The van der Waals surface area contributed by atoms with E-state index in [4.69, 9.17) is 0 Å². The first-order valence-electron chi connectivity index (χ1n) is 5.31. The number of unbranched alkanes of at least 4 members (excludes halogenated alkanes) is 3. The van der Waals surface area contributed by atoms with E-state index in [1.807, 2.05) is 6.92 Å². The first-order valence-corrected chi connectivity index (χ1v) is 5.31. The standard InChI is InChI=1S/C11H18N2O2/c1-3-4-5-6-7-11(2,13-10-15)8-12-9-14/h3-8H2,1-2H3. The average Bonchev–Trinajstić information content (AvgIpc) is 2.22. The molecule has 0 radical (unpaired) electrons. The Bertz CT molecular complexity index is 266. The van der Waals surface area contributed by atoms with Crippen molar-refractivity contribution in [2.24, 2.45) is 9.98 Å². The highest BCUT2D eigenvalue weighted by molar-refractivity contribution is 5.36. The highest BCUT2D eigenvalue weighted by Gasteiger charge is 2.22. The molecule has 0 aliphatic carbocycles. The summed E-state index contributed by atoms with van der Waals surface area (Å²) >= 11 is 0. The maximum absolute atomic E-state index is 10.2. The molecule has 0 spiro atoms. The second kappa shape index (κ2) is 8.10. The summed E-state index contributed by atoms with van der Waals surface area (Å²) in [7, 11) is 0. The van der Waals surface area contributed by atoms with Crippen molar-refractivity contribution in [1.29, 1.82) is 0 Å². The lowest BCUT2D eigenvalue weighted by atomic mass is 9.95. The van der Waals surface area contributed by atoms with Crippen molar-refractivity contribution in [2.45, 2.75) is 51.5 Å². The molecule has 0 aromatic rings. The summed E-state index contributed by atoms with van der Waals surface area (Å²) < 4.78 is 0. The maximum Gasteiger partial charge on any atom is 0.235 e. The fourth-order valence-electron chi connectivity index (χ4n) is 1.42. The van der Waals surface area contributed by atoms with Crippen LogP contribution in [-0.2, 0) is 9.59 Å². The van der Waals surface area contributed by atoms with Crippen molar-refractivity contribution >= 4 is 12.2 Å². The predicted octanol–water partition coefficient (Wildman–Crippen LogP) is 2.39. The monoisotopic (exact) mass is 210 g/mol. The van der Waals surface area contributed by atoms with Crippen LogP contribution in [0.25, 0.3) is 0 Å². The lowest BCUT2D eigenvalue weighted by Gasteiger charge is -2.19. The molecule has 0 bridgehead atoms. The van der Waals surface area contributed by atoms with E-state index in [1.165, 1.54) is 18.9 Å². The van der Waals surface area contributed by atoms with E-state index in [2.05, 4.69) is 16.9 Å². The number of isocyanates is 2. The normalized spacial score (nSPS) is 13.5. The van der Waals surface area contributed by atoms with Gasteiger partial charge in [-0.2, -0.15) is 4.99 Å². The molecule has 0 saturated heterocycles. The third-order valence-electron chi connectivity index (χ3n) is 2.37. The van der Waals surface area contributed by atoms with Crippen molar-refractivity contribution in [2.75, 3.05) is 6.54 Å². The first-order chi connectivity index (χ1) is 7.18. The molecule has 4 heteroatoms. The summed E-state index contributed by atoms with van der Waals surface area (Å²) in [5.41, 5.74) is -0.576. The molecule has 15 heavy (non-hydrogen) atoms. The second-order valence-corrected chi connectivity index (χ2v) is 3.92. The molecular formula is C11H18N2O2. The van der Waals surface area contributed by atoms with E-state index in [0.717, 1.165) is 19.3 Å². The van der Waals surface area contributed by atoms with E-state index in [-0.39, 0.29) is 6.54 Å². The summed E-state index contributed by atoms with van der Waals surface area (Å²) in [6.07, 6.45) is 8.22. The second-order valence-electron chi connectivity index (χ2n) is 3.92. The van der Waals surface area contributed by atoms with Crippen LogP contribution < -0.4 is 0 Å². The van der Waals surface area contributed by atoms with Crippen molar-refractivity contribution in [3.05, 3.63) is 0 Å². The highest BCUT2D eigenvalue weighted by Crippen LogP contribution is 2.19. The molecule has 0 amide bonds. The largest absolute Gasteiger partial charge is 0.235 e. The topological polar surface area (TPSA) is 58.9 Å². The summed E-state index contributed by atoms with van der Waals surface area (Å²) in [6.45, 7) is 4.17. The molecule has 0 aliphatic heterocycles. The van der Waals surface area contributed by atoms with Crippen molar-refractivity contribution < 1.29 is 9.59 Å². The Morgan fingerprint density at radius 1 is 1.13 bits per heavy atom. The van der Waals surface area contributed by atoms with Gasteiger partial charge in [-0.05, 0) is 13.3 Å². The Morgan fingerprint density at radius 2 is 1.87 bits per heavy atom. The zero-order valence-corrected chi connectivity index (χ0v) is 9.45. The van der Waals surface area contributed by atoms with Crippen LogP contribution >= 0.6 is 0 Å². The van der Waals surface area contributed by atoms with Gasteiger partial charge in [-0.15, -0.1) is 0 Å². The van der Waals surface area contributed by atoms with E-state index < -0.39 is 5.54 Å². The van der Waals surface area contributed by atoms with Gasteiger partial charge in [0.05, 0.1) is 12.1 Å². The van der Waals surface area contributed by atoms with Crippen LogP contribution in [0.1, 0.15) is 46.0 Å². The number of nitrogens with zero attached hydrogens (tertiary/aromatic N) is 2. The molecular weight excluding hydrogens is 192 g/mol. The van der Waals surface area contributed by atoms with Crippen LogP contribution in [0.2, 0.25) is 0 Å². The Morgan fingerprint density at radius 3 is 2.40 bits per heavy atom. The Hall–Kier alpha value is -1.24. The fraction of sp³-hybridized carbons (Fsp3) is 0.818. The minimum absolute atomic E-state index is 0.220. The van der Waals surface area contributed by atoms with E-state index in [9.17, 15) is 9.59 Å². The highest BCUT2D eigenvalue weighted by atomic mass is 16.1. The lowest BCUT2D eigenvalue weighted by Crippen LogP contribution is -2.25. The van der Waals surface area contributed by atoms with Crippen molar-refractivity contribution in [3.63, 3.8) is 0 Å². The molecule has 4 nitrogen and oxygen atoms in total. The number of aliphatic imine (C=N–C) groups is 2. The minimum atomic E-state index is -0.576. The lowest BCUT2D eigenvalue weighted by molar-refractivity contribution is 0.416. The zero-order chi connectivity index (χ0) is 11.6. The zero-order valence-electron chi connectivity index (χ0n) is 9.45.